The summed E-state index contributed by atoms with van der Waals surface area (Å²) in [7, 11) is 1.71. The van der Waals surface area contributed by atoms with Crippen molar-refractivity contribution in [3.8, 4) is 5.75 Å². The highest BCUT2D eigenvalue weighted by molar-refractivity contribution is 14.0. The Kier molecular flexibility index (Phi) is 10.0. The molecule has 1 aliphatic carbocycles. The van der Waals surface area contributed by atoms with E-state index in [4.69, 9.17) is 14.5 Å². The number of methoxy groups -OCH3 is 1. The summed E-state index contributed by atoms with van der Waals surface area (Å²) in [4.78, 5) is 16.5. The maximum Gasteiger partial charge on any atom is 0.407 e. The first-order valence-corrected chi connectivity index (χ1v) is 9.92. The number of aliphatic imine (C=N–C) groups is 1. The van der Waals surface area contributed by atoms with Gasteiger partial charge in [-0.1, -0.05) is 18.2 Å². The molecule has 1 aromatic rings. The van der Waals surface area contributed by atoms with Crippen molar-refractivity contribution in [1.29, 1.82) is 0 Å². The molecule has 1 saturated carbocycles. The topological polar surface area (TPSA) is 84.0 Å². The third-order valence-corrected chi connectivity index (χ3v) is 4.50. The highest BCUT2D eigenvalue weighted by Gasteiger charge is 2.46. The number of rotatable bonds is 8. The average Bonchev–Trinajstić information content (AvgIpc) is 3.42. The van der Waals surface area contributed by atoms with Gasteiger partial charge < -0.3 is 25.4 Å². The van der Waals surface area contributed by atoms with Gasteiger partial charge in [-0.05, 0) is 46.6 Å². The minimum Gasteiger partial charge on any atom is -0.496 e. The first-order chi connectivity index (χ1) is 13.3. The summed E-state index contributed by atoms with van der Waals surface area (Å²) < 4.78 is 10.8. The molecule has 2 rings (SSSR count). The standard InChI is InChI=1S/C21H34N4O3.HI/c1-6-22-18(23-13-14-24-19(26)28-20(2,3)4)25-15-21(11-12-21)16-9-7-8-10-17(16)27-5;/h7-10H,6,11-15H2,1-5H3,(H,24,26)(H2,22,23,25);1H. The van der Waals surface area contributed by atoms with Crippen molar-refractivity contribution in [1.82, 2.24) is 16.0 Å². The largest absolute Gasteiger partial charge is 0.496 e. The molecule has 0 heterocycles. The fraction of sp³-hybridized carbons (Fsp3) is 0.619. The van der Waals surface area contributed by atoms with Crippen molar-refractivity contribution in [3.05, 3.63) is 29.8 Å². The number of carbonyl (C=O) groups excluding carboxylic acids is 1. The van der Waals surface area contributed by atoms with Crippen LogP contribution in [-0.4, -0.2) is 50.9 Å². The lowest BCUT2D eigenvalue weighted by atomic mass is 9.95. The van der Waals surface area contributed by atoms with Gasteiger partial charge in [-0.15, -0.1) is 24.0 Å². The molecule has 0 unspecified atom stereocenters. The molecule has 1 amide bonds. The normalized spacial score (nSPS) is 15.0. The molecule has 0 aromatic heterocycles. The molecule has 164 valence electrons. The summed E-state index contributed by atoms with van der Waals surface area (Å²) in [6.45, 7) is 10.0. The number of amides is 1. The Morgan fingerprint density at radius 2 is 1.79 bits per heavy atom. The molecule has 1 fully saturated rings. The number of benzene rings is 1. The first-order valence-electron chi connectivity index (χ1n) is 9.92. The van der Waals surface area contributed by atoms with Gasteiger partial charge in [-0.3, -0.25) is 4.99 Å². The van der Waals surface area contributed by atoms with E-state index in [0.717, 1.165) is 31.1 Å². The Morgan fingerprint density at radius 3 is 2.38 bits per heavy atom. The summed E-state index contributed by atoms with van der Waals surface area (Å²) in [5.74, 6) is 1.67. The van der Waals surface area contributed by atoms with Crippen molar-refractivity contribution in [2.45, 2.75) is 51.6 Å². The quantitative estimate of drug-likeness (QED) is 0.213. The number of para-hydroxylation sites is 1. The summed E-state index contributed by atoms with van der Waals surface area (Å²) in [5, 5.41) is 9.25. The zero-order valence-electron chi connectivity index (χ0n) is 18.1. The van der Waals surface area contributed by atoms with Crippen LogP contribution in [0.1, 0.15) is 46.1 Å². The Bertz CT molecular complexity index is 685. The number of carbonyl (C=O) groups is 1. The maximum absolute atomic E-state index is 11.7. The van der Waals surface area contributed by atoms with Crippen LogP contribution >= 0.6 is 24.0 Å². The summed E-state index contributed by atoms with van der Waals surface area (Å²) in [6.07, 6.45) is 1.80. The Balaban J connectivity index is 0.00000420. The number of guanidine groups is 1. The van der Waals surface area contributed by atoms with Crippen molar-refractivity contribution < 1.29 is 14.3 Å². The predicted octanol–water partition coefficient (Wildman–Crippen LogP) is 3.42. The molecule has 0 spiro atoms. The third kappa shape index (κ3) is 8.28. The van der Waals surface area contributed by atoms with Gasteiger partial charge in [0.25, 0.3) is 0 Å². The van der Waals surface area contributed by atoms with Crippen LogP contribution in [0.3, 0.4) is 0 Å². The monoisotopic (exact) mass is 518 g/mol. The SMILES string of the molecule is CCNC(=NCC1(c2ccccc2OC)CC1)NCCNC(=O)OC(C)(C)C.I. The number of hydrogen-bond donors (Lipinski definition) is 3. The van der Waals surface area contributed by atoms with Crippen LogP contribution < -0.4 is 20.7 Å². The molecule has 0 bridgehead atoms. The van der Waals surface area contributed by atoms with Gasteiger partial charge in [-0.25, -0.2) is 4.79 Å². The smallest absolute Gasteiger partial charge is 0.407 e. The second-order valence-electron chi connectivity index (χ2n) is 8.03. The van der Waals surface area contributed by atoms with E-state index in [1.807, 2.05) is 45.9 Å². The lowest BCUT2D eigenvalue weighted by Crippen LogP contribution is -2.42. The van der Waals surface area contributed by atoms with Crippen LogP contribution in [0.15, 0.2) is 29.3 Å². The molecule has 1 aromatic carbocycles. The van der Waals surface area contributed by atoms with Crippen LogP contribution in [0.4, 0.5) is 4.79 Å². The highest BCUT2D eigenvalue weighted by atomic mass is 127. The number of hydrogen-bond acceptors (Lipinski definition) is 4. The molecule has 0 aliphatic heterocycles. The van der Waals surface area contributed by atoms with Crippen LogP contribution in [0.5, 0.6) is 5.75 Å². The lowest BCUT2D eigenvalue weighted by molar-refractivity contribution is 0.0529. The van der Waals surface area contributed by atoms with Gasteiger partial charge in [-0.2, -0.15) is 0 Å². The zero-order valence-corrected chi connectivity index (χ0v) is 20.5. The minimum atomic E-state index is -0.495. The number of alkyl carbamates (subject to hydrolysis) is 1. The predicted molar refractivity (Wildman–Crippen MR) is 128 cm³/mol. The Hall–Kier alpha value is -1.71. The highest BCUT2D eigenvalue weighted by Crippen LogP contribution is 2.51. The van der Waals surface area contributed by atoms with Crippen LogP contribution in [0, 0.1) is 0 Å². The fourth-order valence-corrected chi connectivity index (χ4v) is 2.98. The molecule has 0 radical (unpaired) electrons. The van der Waals surface area contributed by atoms with Crippen LogP contribution in [0.2, 0.25) is 0 Å². The summed E-state index contributed by atoms with van der Waals surface area (Å²) >= 11 is 0. The number of halogens is 1. The van der Waals surface area contributed by atoms with E-state index in [1.54, 1.807) is 7.11 Å². The maximum atomic E-state index is 11.7. The van der Waals surface area contributed by atoms with Crippen LogP contribution in [0.25, 0.3) is 0 Å². The van der Waals surface area contributed by atoms with E-state index in [-0.39, 0.29) is 29.4 Å². The van der Waals surface area contributed by atoms with Crippen molar-refractivity contribution in [3.63, 3.8) is 0 Å². The minimum absolute atomic E-state index is 0. The number of nitrogens with one attached hydrogen (secondary N) is 3. The summed E-state index contributed by atoms with van der Waals surface area (Å²) in [5.41, 5.74) is 0.790. The Labute approximate surface area is 191 Å². The third-order valence-electron chi connectivity index (χ3n) is 4.50. The molecular formula is C21H35IN4O3. The first kappa shape index (κ1) is 25.3. The molecular weight excluding hydrogens is 483 g/mol. The van der Waals surface area contributed by atoms with E-state index in [9.17, 15) is 4.79 Å². The van der Waals surface area contributed by atoms with Gasteiger partial charge in [0, 0.05) is 30.6 Å². The van der Waals surface area contributed by atoms with E-state index in [1.165, 1.54) is 5.56 Å². The van der Waals surface area contributed by atoms with E-state index in [2.05, 4.69) is 22.0 Å². The summed E-state index contributed by atoms with van der Waals surface area (Å²) in [6, 6.07) is 8.18. The molecule has 7 nitrogen and oxygen atoms in total. The lowest BCUT2D eigenvalue weighted by Gasteiger charge is -2.20. The van der Waals surface area contributed by atoms with Crippen molar-refractivity contribution in [2.75, 3.05) is 33.3 Å². The average molecular weight is 518 g/mol. The Morgan fingerprint density at radius 1 is 1.14 bits per heavy atom. The molecule has 3 N–H and O–H groups in total. The molecule has 1 aliphatic rings. The molecule has 29 heavy (non-hydrogen) atoms. The second-order valence-corrected chi connectivity index (χ2v) is 8.03. The van der Waals surface area contributed by atoms with E-state index >= 15 is 0 Å². The van der Waals surface area contributed by atoms with Gasteiger partial charge in [0.1, 0.15) is 11.4 Å². The van der Waals surface area contributed by atoms with Crippen LogP contribution in [-0.2, 0) is 10.2 Å². The van der Waals surface area contributed by atoms with Gasteiger partial charge in [0.2, 0.25) is 0 Å². The van der Waals surface area contributed by atoms with Gasteiger partial charge in [0.15, 0.2) is 5.96 Å². The second kappa shape index (κ2) is 11.5. The van der Waals surface area contributed by atoms with E-state index in [0.29, 0.717) is 19.6 Å². The fourth-order valence-electron chi connectivity index (χ4n) is 2.98. The van der Waals surface area contributed by atoms with Gasteiger partial charge in [0.05, 0.1) is 13.7 Å². The van der Waals surface area contributed by atoms with E-state index < -0.39 is 11.7 Å². The van der Waals surface area contributed by atoms with Crippen molar-refractivity contribution >= 4 is 36.0 Å². The number of ether oxygens (including phenoxy) is 2. The van der Waals surface area contributed by atoms with Crippen molar-refractivity contribution in [2.24, 2.45) is 4.99 Å². The molecule has 0 saturated heterocycles. The number of nitrogens with zero attached hydrogens (tertiary/aromatic N) is 1. The zero-order chi connectivity index (χ0) is 20.6. The molecule has 8 heteroatoms. The molecule has 0 atom stereocenters. The van der Waals surface area contributed by atoms with Gasteiger partial charge >= 0.3 is 6.09 Å².